The van der Waals surface area contributed by atoms with Crippen LogP contribution in [-0.2, 0) is 14.3 Å². The second-order valence-corrected chi connectivity index (χ2v) is 17.4. The molecule has 0 aromatic rings. The molecule has 0 heterocycles. The first-order chi connectivity index (χ1) is 14.9. The lowest BCUT2D eigenvalue weighted by Crippen LogP contribution is -2.56. The minimum atomic E-state index is -1.10. The Bertz CT molecular complexity index is 923. The van der Waals surface area contributed by atoms with Crippen molar-refractivity contribution in [3.8, 4) is 17.9 Å². The smallest absolute Gasteiger partial charge is 0.196 e. The van der Waals surface area contributed by atoms with Crippen molar-refractivity contribution in [2.75, 3.05) is 13.4 Å². The second kappa shape index (κ2) is 8.94. The monoisotopic (exact) mass is 453 g/mol. The van der Waals surface area contributed by atoms with Gasteiger partial charge >= 0.3 is 0 Å². The molecule has 4 atom stereocenters. The summed E-state index contributed by atoms with van der Waals surface area (Å²) in [6.45, 7) is 16.9. The van der Waals surface area contributed by atoms with E-state index in [1.54, 1.807) is 6.08 Å². The molecule has 3 aliphatic rings. The summed E-state index contributed by atoms with van der Waals surface area (Å²) in [5.41, 5.74) is 0.646. The van der Waals surface area contributed by atoms with Crippen LogP contribution in [0.15, 0.2) is 23.3 Å². The molecule has 0 bridgehead atoms. The van der Waals surface area contributed by atoms with Gasteiger partial charge in [-0.15, -0.1) is 5.92 Å². The van der Waals surface area contributed by atoms with Crippen LogP contribution < -0.4 is 0 Å². The molecule has 5 heteroatoms. The van der Waals surface area contributed by atoms with Crippen molar-refractivity contribution in [1.29, 1.82) is 5.26 Å². The van der Waals surface area contributed by atoms with Crippen LogP contribution in [0.2, 0.25) is 25.7 Å². The van der Waals surface area contributed by atoms with Crippen molar-refractivity contribution < 1.29 is 14.3 Å². The Kier molecular flexibility index (Phi) is 6.97. The number of allylic oxidation sites excluding steroid dienone is 4. The van der Waals surface area contributed by atoms with Crippen LogP contribution >= 0.6 is 0 Å². The van der Waals surface area contributed by atoms with Gasteiger partial charge in [0.15, 0.2) is 5.78 Å². The Morgan fingerprint density at radius 1 is 1.19 bits per heavy atom. The molecule has 0 spiro atoms. The molecule has 0 saturated heterocycles. The topological polar surface area (TPSA) is 59.3 Å². The highest BCUT2D eigenvalue weighted by Gasteiger charge is 2.59. The Balaban J connectivity index is 1.80. The van der Waals surface area contributed by atoms with E-state index in [0.29, 0.717) is 12.7 Å². The Labute approximate surface area is 195 Å². The fourth-order valence-electron chi connectivity index (χ4n) is 6.36. The number of ether oxygens (including phenoxy) is 2. The second-order valence-electron chi connectivity index (χ2n) is 11.8. The molecule has 4 nitrogen and oxygen atoms in total. The Hall–Kier alpha value is -1.66. The van der Waals surface area contributed by atoms with Crippen LogP contribution in [0, 0.1) is 45.3 Å². The summed E-state index contributed by atoms with van der Waals surface area (Å²) in [6, 6.07) is 3.23. The summed E-state index contributed by atoms with van der Waals surface area (Å²) in [4.78, 5) is 12.7. The molecule has 0 aromatic heterocycles. The predicted molar refractivity (Wildman–Crippen MR) is 130 cm³/mol. The highest BCUT2D eigenvalue weighted by molar-refractivity contribution is 6.76. The lowest BCUT2D eigenvalue weighted by molar-refractivity contribution is -0.174. The zero-order valence-electron chi connectivity index (χ0n) is 20.9. The lowest BCUT2D eigenvalue weighted by atomic mass is 9.44. The number of hydrogen-bond acceptors (Lipinski definition) is 4. The number of carbonyl (C=O) groups is 1. The van der Waals surface area contributed by atoms with Crippen LogP contribution in [0.4, 0.5) is 0 Å². The van der Waals surface area contributed by atoms with E-state index in [4.69, 9.17) is 9.47 Å². The SMILES string of the molecule is CC#C[C@]12C=C(C#N)C(=O)C=C1[C@@]1(C)CC[C@H](OCOCC[Si](C)(C)C)C(C)(C)[C@@H]1CC2. The molecule has 3 rings (SSSR count). The zero-order valence-corrected chi connectivity index (χ0v) is 21.9. The van der Waals surface area contributed by atoms with E-state index in [-0.39, 0.29) is 28.3 Å². The lowest BCUT2D eigenvalue weighted by Gasteiger charge is -2.61. The van der Waals surface area contributed by atoms with Gasteiger partial charge in [-0.3, -0.25) is 4.79 Å². The van der Waals surface area contributed by atoms with E-state index in [1.165, 1.54) is 0 Å². The van der Waals surface area contributed by atoms with Crippen LogP contribution in [0.1, 0.15) is 53.4 Å². The third-order valence-corrected chi connectivity index (χ3v) is 9.80. The number of fused-ring (bicyclic) bond motifs is 3. The molecule has 0 radical (unpaired) electrons. The first-order valence-electron chi connectivity index (χ1n) is 11.9. The minimum absolute atomic E-state index is 0.0515. The Morgan fingerprint density at radius 3 is 2.53 bits per heavy atom. The maximum atomic E-state index is 12.7. The van der Waals surface area contributed by atoms with Gasteiger partial charge in [0, 0.05) is 14.7 Å². The van der Waals surface area contributed by atoms with Gasteiger partial charge < -0.3 is 9.47 Å². The maximum Gasteiger partial charge on any atom is 0.196 e. The first kappa shape index (κ1) is 25.0. The molecular weight excluding hydrogens is 414 g/mol. The maximum absolute atomic E-state index is 12.7. The summed E-state index contributed by atoms with van der Waals surface area (Å²) in [5, 5.41) is 9.47. The molecule has 0 aromatic carbocycles. The van der Waals surface area contributed by atoms with Gasteiger partial charge in [-0.25, -0.2) is 0 Å². The predicted octanol–water partition coefficient (Wildman–Crippen LogP) is 5.89. The molecule has 2 fully saturated rings. The molecule has 0 unspecified atom stereocenters. The Morgan fingerprint density at radius 2 is 1.91 bits per heavy atom. The quantitative estimate of drug-likeness (QED) is 0.218. The molecule has 3 aliphatic carbocycles. The van der Waals surface area contributed by atoms with Gasteiger partial charge in [0.1, 0.15) is 12.9 Å². The van der Waals surface area contributed by atoms with Gasteiger partial charge in [-0.2, -0.15) is 5.26 Å². The van der Waals surface area contributed by atoms with Crippen LogP contribution in [0.3, 0.4) is 0 Å². The van der Waals surface area contributed by atoms with Crippen molar-refractivity contribution in [3.05, 3.63) is 23.3 Å². The number of ketones is 1. The van der Waals surface area contributed by atoms with Crippen LogP contribution in [-0.4, -0.2) is 33.4 Å². The third-order valence-electron chi connectivity index (χ3n) is 8.10. The molecule has 0 aliphatic heterocycles. The van der Waals surface area contributed by atoms with Gasteiger partial charge in [0.2, 0.25) is 0 Å². The number of carbonyl (C=O) groups excluding carboxylic acids is 1. The minimum Gasteiger partial charge on any atom is -0.356 e. The van der Waals surface area contributed by atoms with Crippen LogP contribution in [0.25, 0.3) is 0 Å². The average Bonchev–Trinajstić information content (AvgIpc) is 2.69. The fraction of sp³-hybridized carbons (Fsp3) is 0.704. The van der Waals surface area contributed by atoms with Crippen molar-refractivity contribution >= 4 is 13.9 Å². The normalized spacial score (nSPS) is 33.6. The molecule has 174 valence electrons. The van der Waals surface area contributed by atoms with Crippen LogP contribution in [0.5, 0.6) is 0 Å². The van der Waals surface area contributed by atoms with E-state index in [0.717, 1.165) is 43.9 Å². The highest BCUT2D eigenvalue weighted by atomic mass is 28.3. The third kappa shape index (κ3) is 4.53. The fourth-order valence-corrected chi connectivity index (χ4v) is 7.12. The molecule has 32 heavy (non-hydrogen) atoms. The molecule has 2 saturated carbocycles. The first-order valence-corrected chi connectivity index (χ1v) is 15.6. The van der Waals surface area contributed by atoms with E-state index in [9.17, 15) is 10.1 Å². The van der Waals surface area contributed by atoms with Crippen molar-refractivity contribution in [2.24, 2.45) is 22.2 Å². The number of nitriles is 1. The van der Waals surface area contributed by atoms with E-state index < -0.39 is 13.5 Å². The zero-order chi connectivity index (χ0) is 23.8. The van der Waals surface area contributed by atoms with Gasteiger partial charge in [0.25, 0.3) is 0 Å². The van der Waals surface area contributed by atoms with E-state index in [1.807, 2.05) is 13.0 Å². The van der Waals surface area contributed by atoms with Gasteiger partial charge in [-0.05, 0) is 73.1 Å². The summed E-state index contributed by atoms with van der Waals surface area (Å²) < 4.78 is 12.1. The largest absolute Gasteiger partial charge is 0.356 e. The average molecular weight is 454 g/mol. The summed E-state index contributed by atoms with van der Waals surface area (Å²) in [5.74, 6) is 6.68. The molecule has 0 amide bonds. The summed E-state index contributed by atoms with van der Waals surface area (Å²) in [6.07, 6.45) is 7.42. The highest BCUT2D eigenvalue weighted by Crippen LogP contribution is 2.65. The molecule has 0 N–H and O–H groups in total. The van der Waals surface area contributed by atoms with Crippen molar-refractivity contribution in [1.82, 2.24) is 0 Å². The number of hydrogen-bond donors (Lipinski definition) is 0. The van der Waals surface area contributed by atoms with Gasteiger partial charge in [0.05, 0.1) is 17.1 Å². The van der Waals surface area contributed by atoms with Crippen molar-refractivity contribution in [2.45, 2.75) is 85.2 Å². The van der Waals surface area contributed by atoms with Gasteiger partial charge in [-0.1, -0.05) is 46.3 Å². The standard InChI is InChI=1S/C27H39NO3Si/c1-8-11-27-13-9-22-25(2,3)24(31-19-30-14-15-32(5,6)7)10-12-26(22,4)23(27)16-21(29)20(17-27)18-28/h16-17,22,24H,9-10,12-15,19H2,1-7H3/t22-,24-,26-,27-/m0/s1. The summed E-state index contributed by atoms with van der Waals surface area (Å²) in [7, 11) is -1.10. The van der Waals surface area contributed by atoms with Crippen molar-refractivity contribution in [3.63, 3.8) is 0 Å². The van der Waals surface area contributed by atoms with E-state index >= 15 is 0 Å². The summed E-state index contributed by atoms with van der Waals surface area (Å²) >= 11 is 0. The number of rotatable bonds is 6. The van der Waals surface area contributed by atoms with E-state index in [2.05, 4.69) is 58.3 Å². The number of nitrogens with zero attached hydrogens (tertiary/aromatic N) is 1. The molecular formula is C27H39NO3Si.